The van der Waals surface area contributed by atoms with Crippen LogP contribution in [0.25, 0.3) is 10.8 Å². The van der Waals surface area contributed by atoms with Crippen molar-refractivity contribution in [2.75, 3.05) is 0 Å². The molecule has 1 fully saturated rings. The highest BCUT2D eigenvalue weighted by atomic mass is 14.9. The molecular weight excluding hydrogens is 254 g/mol. The average Bonchev–Trinajstić information content (AvgIpc) is 2.54. The number of nitrogens with one attached hydrogen (secondary N) is 1. The lowest BCUT2D eigenvalue weighted by Gasteiger charge is -2.29. The number of hydrogen-bond acceptors (Lipinski definition) is 1. The van der Waals surface area contributed by atoms with Crippen molar-refractivity contribution in [1.29, 1.82) is 0 Å². The van der Waals surface area contributed by atoms with Gasteiger partial charge in [-0.25, -0.2) is 0 Å². The van der Waals surface area contributed by atoms with Crippen molar-refractivity contribution in [1.82, 2.24) is 5.32 Å². The van der Waals surface area contributed by atoms with Crippen molar-refractivity contribution in [3.8, 4) is 0 Å². The van der Waals surface area contributed by atoms with Crippen LogP contribution in [0.2, 0.25) is 0 Å². The smallest absolute Gasteiger partial charge is 0.0208 e. The summed E-state index contributed by atoms with van der Waals surface area (Å²) in [4.78, 5) is 0. The van der Waals surface area contributed by atoms with Gasteiger partial charge in [-0.15, -0.1) is 0 Å². The van der Waals surface area contributed by atoms with Crippen LogP contribution in [0.4, 0.5) is 0 Å². The molecule has 2 aromatic carbocycles. The normalized spacial score (nSPS) is 22.5. The van der Waals surface area contributed by atoms with Crippen molar-refractivity contribution in [2.24, 2.45) is 5.92 Å². The van der Waals surface area contributed by atoms with Gasteiger partial charge in [0.1, 0.15) is 0 Å². The molecule has 1 N–H and O–H groups in total. The molecule has 0 bridgehead atoms. The zero-order valence-corrected chi connectivity index (χ0v) is 13.1. The third-order valence-corrected chi connectivity index (χ3v) is 4.95. The number of rotatable bonds is 5. The maximum absolute atomic E-state index is 3.77. The van der Waals surface area contributed by atoms with E-state index < -0.39 is 0 Å². The highest BCUT2D eigenvalue weighted by molar-refractivity contribution is 5.82. The monoisotopic (exact) mass is 281 g/mol. The maximum Gasteiger partial charge on any atom is 0.0208 e. The molecule has 0 radical (unpaired) electrons. The predicted octanol–water partition coefficient (Wildman–Crippen LogP) is 5.29. The lowest BCUT2D eigenvalue weighted by molar-refractivity contribution is 0.277. The van der Waals surface area contributed by atoms with E-state index in [1.807, 2.05) is 0 Å². The Morgan fingerprint density at radius 1 is 0.952 bits per heavy atom. The van der Waals surface area contributed by atoms with Crippen LogP contribution in [-0.2, 0) is 6.54 Å². The molecule has 3 rings (SSSR count). The Morgan fingerprint density at radius 3 is 2.48 bits per heavy atom. The third kappa shape index (κ3) is 3.85. The molecular formula is C20H27N. The van der Waals surface area contributed by atoms with Crippen LogP contribution in [0.5, 0.6) is 0 Å². The summed E-state index contributed by atoms with van der Waals surface area (Å²) in [5.41, 5.74) is 1.41. The fourth-order valence-corrected chi connectivity index (χ4v) is 3.67. The van der Waals surface area contributed by atoms with E-state index in [2.05, 4.69) is 54.7 Å². The Kier molecular flexibility index (Phi) is 4.92. The van der Waals surface area contributed by atoms with Crippen molar-refractivity contribution in [3.63, 3.8) is 0 Å². The van der Waals surface area contributed by atoms with Gasteiger partial charge in [0.25, 0.3) is 0 Å². The van der Waals surface area contributed by atoms with Gasteiger partial charge in [0, 0.05) is 12.6 Å². The second-order valence-corrected chi connectivity index (χ2v) is 6.57. The first-order valence-electron chi connectivity index (χ1n) is 8.56. The summed E-state index contributed by atoms with van der Waals surface area (Å²) in [6.07, 6.45) is 8.33. The quantitative estimate of drug-likeness (QED) is 0.785. The minimum atomic E-state index is 0.726. The first-order valence-corrected chi connectivity index (χ1v) is 8.56. The van der Waals surface area contributed by atoms with Crippen LogP contribution in [-0.4, -0.2) is 6.04 Å². The molecule has 1 heteroatoms. The van der Waals surface area contributed by atoms with Crippen LogP contribution < -0.4 is 5.32 Å². The van der Waals surface area contributed by atoms with E-state index in [9.17, 15) is 0 Å². The van der Waals surface area contributed by atoms with Crippen molar-refractivity contribution in [3.05, 3.63) is 48.0 Å². The summed E-state index contributed by atoms with van der Waals surface area (Å²) in [6, 6.07) is 16.2. The Balaban J connectivity index is 1.52. The van der Waals surface area contributed by atoms with E-state index in [4.69, 9.17) is 0 Å². The summed E-state index contributed by atoms with van der Waals surface area (Å²) in [7, 11) is 0. The molecule has 0 aromatic heterocycles. The number of fused-ring (bicyclic) bond motifs is 1. The summed E-state index contributed by atoms with van der Waals surface area (Å²) in [5, 5.41) is 6.45. The lowest BCUT2D eigenvalue weighted by atomic mass is 9.83. The van der Waals surface area contributed by atoms with Gasteiger partial charge in [-0.3, -0.25) is 0 Å². The van der Waals surface area contributed by atoms with Crippen LogP contribution in [0.15, 0.2) is 42.5 Å². The first-order chi connectivity index (χ1) is 10.3. The van der Waals surface area contributed by atoms with Gasteiger partial charge in [-0.1, -0.05) is 56.2 Å². The van der Waals surface area contributed by atoms with Gasteiger partial charge in [0.05, 0.1) is 0 Å². The standard InChI is InChI=1S/C20H27N/c1-2-5-16-9-12-20(13-10-16)21-15-17-8-11-18-6-3-4-7-19(18)14-17/h3-4,6-8,11,14,16,20-21H,2,5,9-10,12-13,15H2,1H3. The molecule has 2 aromatic rings. The molecule has 1 aliphatic rings. The van der Waals surface area contributed by atoms with E-state index in [-0.39, 0.29) is 0 Å². The van der Waals surface area contributed by atoms with E-state index in [1.54, 1.807) is 0 Å². The van der Waals surface area contributed by atoms with E-state index in [1.165, 1.54) is 54.9 Å². The predicted molar refractivity (Wildman–Crippen MR) is 91.4 cm³/mol. The van der Waals surface area contributed by atoms with E-state index in [0.29, 0.717) is 0 Å². The molecule has 0 aliphatic heterocycles. The van der Waals surface area contributed by atoms with Crippen LogP contribution in [0, 0.1) is 5.92 Å². The van der Waals surface area contributed by atoms with Crippen LogP contribution in [0.3, 0.4) is 0 Å². The van der Waals surface area contributed by atoms with E-state index >= 15 is 0 Å². The Morgan fingerprint density at radius 2 is 1.71 bits per heavy atom. The Bertz CT molecular complexity index is 567. The molecule has 0 atom stereocenters. The molecule has 112 valence electrons. The minimum Gasteiger partial charge on any atom is -0.310 e. The van der Waals surface area contributed by atoms with E-state index in [0.717, 1.165) is 18.5 Å². The molecule has 21 heavy (non-hydrogen) atoms. The fourth-order valence-electron chi connectivity index (χ4n) is 3.67. The molecule has 0 heterocycles. The van der Waals surface area contributed by atoms with Crippen molar-refractivity contribution < 1.29 is 0 Å². The highest BCUT2D eigenvalue weighted by Crippen LogP contribution is 2.28. The van der Waals surface area contributed by atoms with Crippen LogP contribution in [0.1, 0.15) is 51.0 Å². The molecule has 0 saturated heterocycles. The van der Waals surface area contributed by atoms with Gasteiger partial charge in [-0.2, -0.15) is 0 Å². The number of hydrogen-bond donors (Lipinski definition) is 1. The van der Waals surface area contributed by atoms with Gasteiger partial charge >= 0.3 is 0 Å². The third-order valence-electron chi connectivity index (χ3n) is 4.95. The zero-order chi connectivity index (χ0) is 14.5. The Labute approximate surface area is 128 Å². The summed E-state index contributed by atoms with van der Waals surface area (Å²) in [5.74, 6) is 0.994. The van der Waals surface area contributed by atoms with Gasteiger partial charge < -0.3 is 5.32 Å². The zero-order valence-electron chi connectivity index (χ0n) is 13.1. The van der Waals surface area contributed by atoms with Gasteiger partial charge in [0.2, 0.25) is 0 Å². The first kappa shape index (κ1) is 14.6. The second-order valence-electron chi connectivity index (χ2n) is 6.57. The topological polar surface area (TPSA) is 12.0 Å². The molecule has 0 spiro atoms. The highest BCUT2D eigenvalue weighted by Gasteiger charge is 2.19. The fraction of sp³-hybridized carbons (Fsp3) is 0.500. The average molecular weight is 281 g/mol. The molecule has 1 aliphatic carbocycles. The van der Waals surface area contributed by atoms with Crippen molar-refractivity contribution in [2.45, 2.75) is 58.0 Å². The summed E-state index contributed by atoms with van der Waals surface area (Å²) < 4.78 is 0. The summed E-state index contributed by atoms with van der Waals surface area (Å²) >= 11 is 0. The molecule has 1 saturated carbocycles. The molecule has 1 nitrogen and oxygen atoms in total. The lowest BCUT2D eigenvalue weighted by Crippen LogP contribution is -2.32. The SMILES string of the molecule is CCCC1CCC(NCc2ccc3ccccc3c2)CC1. The van der Waals surface area contributed by atoms with Gasteiger partial charge in [0.15, 0.2) is 0 Å². The van der Waals surface area contributed by atoms with Crippen molar-refractivity contribution >= 4 is 10.8 Å². The van der Waals surface area contributed by atoms with Crippen LogP contribution >= 0.6 is 0 Å². The Hall–Kier alpha value is -1.34. The summed E-state index contributed by atoms with van der Waals surface area (Å²) in [6.45, 7) is 3.32. The van der Waals surface area contributed by atoms with Gasteiger partial charge in [-0.05, 0) is 54.0 Å². The molecule has 0 amide bonds. The minimum absolute atomic E-state index is 0.726. The molecule has 0 unspecified atom stereocenters. The largest absolute Gasteiger partial charge is 0.310 e. The number of benzene rings is 2. The maximum atomic E-state index is 3.77. The second kappa shape index (κ2) is 7.09.